The van der Waals surface area contributed by atoms with Crippen molar-refractivity contribution >= 4 is 16.3 Å². The van der Waals surface area contributed by atoms with Crippen LogP contribution in [0.3, 0.4) is 0 Å². The quantitative estimate of drug-likeness (QED) is 0.595. The molecule has 0 spiro atoms. The highest BCUT2D eigenvalue weighted by atomic mass is 16.5. The van der Waals surface area contributed by atoms with Gasteiger partial charge in [-0.25, -0.2) is 0 Å². The highest BCUT2D eigenvalue weighted by molar-refractivity contribution is 5.87. The van der Waals surface area contributed by atoms with Crippen molar-refractivity contribution in [2.45, 2.75) is 46.0 Å². The van der Waals surface area contributed by atoms with E-state index in [1.807, 2.05) is 0 Å². The zero-order valence-corrected chi connectivity index (χ0v) is 13.8. The maximum absolute atomic E-state index is 5.80. The molecule has 1 atom stereocenters. The van der Waals surface area contributed by atoms with Gasteiger partial charge in [-0.05, 0) is 71.7 Å². The number of ether oxygens (including phenoxy) is 1. The highest BCUT2D eigenvalue weighted by Crippen LogP contribution is 2.32. The van der Waals surface area contributed by atoms with E-state index in [1.54, 1.807) is 0 Å². The van der Waals surface area contributed by atoms with Crippen molar-refractivity contribution < 1.29 is 4.74 Å². The average molecular weight is 294 g/mol. The molecule has 22 heavy (non-hydrogen) atoms. The molecule has 0 radical (unpaired) electrons. The van der Waals surface area contributed by atoms with Crippen LogP contribution in [0.1, 0.15) is 51.5 Å². The Morgan fingerprint density at radius 3 is 2.68 bits per heavy atom. The normalized spacial score (nSPS) is 18.3. The lowest BCUT2D eigenvalue weighted by Gasteiger charge is -2.18. The first kappa shape index (κ1) is 15.1. The van der Waals surface area contributed by atoms with Crippen molar-refractivity contribution in [3.63, 3.8) is 0 Å². The summed E-state index contributed by atoms with van der Waals surface area (Å²) in [6, 6.07) is 13.3. The fourth-order valence-corrected chi connectivity index (χ4v) is 3.08. The van der Waals surface area contributed by atoms with E-state index < -0.39 is 0 Å². The van der Waals surface area contributed by atoms with E-state index in [2.05, 4.69) is 56.3 Å². The van der Waals surface area contributed by atoms with E-state index in [9.17, 15) is 0 Å². The number of unbranched alkanes of at least 4 members (excludes halogenated alkanes) is 1. The fourth-order valence-electron chi connectivity index (χ4n) is 3.08. The molecule has 116 valence electrons. The summed E-state index contributed by atoms with van der Waals surface area (Å²) >= 11 is 0. The van der Waals surface area contributed by atoms with Gasteiger partial charge in [0, 0.05) is 0 Å². The first-order valence-electron chi connectivity index (χ1n) is 8.62. The smallest absolute Gasteiger partial charge is 0.119 e. The summed E-state index contributed by atoms with van der Waals surface area (Å²) < 4.78 is 5.80. The molecule has 1 unspecified atom stereocenters. The minimum atomic E-state index is 0.811. The molecule has 2 aromatic carbocycles. The topological polar surface area (TPSA) is 9.23 Å². The number of allylic oxidation sites excluding steroid dienone is 2. The van der Waals surface area contributed by atoms with E-state index in [-0.39, 0.29) is 0 Å². The van der Waals surface area contributed by atoms with Crippen molar-refractivity contribution in [3.8, 4) is 5.75 Å². The van der Waals surface area contributed by atoms with Crippen LogP contribution >= 0.6 is 0 Å². The molecule has 0 heterocycles. The summed E-state index contributed by atoms with van der Waals surface area (Å²) in [5.41, 5.74) is 2.90. The van der Waals surface area contributed by atoms with Crippen LogP contribution in [0, 0.1) is 5.92 Å². The van der Waals surface area contributed by atoms with E-state index in [0.29, 0.717) is 0 Å². The monoisotopic (exact) mass is 294 g/mol. The second-order valence-corrected chi connectivity index (χ2v) is 6.53. The molecule has 1 aliphatic carbocycles. The molecular weight excluding hydrogens is 268 g/mol. The molecule has 3 rings (SSSR count). The van der Waals surface area contributed by atoms with Gasteiger partial charge in [0.25, 0.3) is 0 Å². The molecule has 1 nitrogen and oxygen atoms in total. The zero-order chi connectivity index (χ0) is 15.4. The minimum absolute atomic E-state index is 0.811. The van der Waals surface area contributed by atoms with Crippen LogP contribution in [0.25, 0.3) is 16.3 Å². The molecule has 0 N–H and O–H groups in total. The Labute approximate surface area is 134 Å². The Bertz CT molecular complexity index is 669. The molecule has 0 amide bonds. The third kappa shape index (κ3) is 3.52. The molecule has 0 aromatic heterocycles. The molecule has 0 bridgehead atoms. The van der Waals surface area contributed by atoms with Gasteiger partial charge in [-0.2, -0.15) is 0 Å². The first-order chi connectivity index (χ1) is 10.8. The largest absolute Gasteiger partial charge is 0.494 e. The maximum Gasteiger partial charge on any atom is 0.119 e. The summed E-state index contributed by atoms with van der Waals surface area (Å²) in [6.45, 7) is 5.34. The van der Waals surface area contributed by atoms with Crippen LogP contribution in [0.2, 0.25) is 0 Å². The summed E-state index contributed by atoms with van der Waals surface area (Å²) in [4.78, 5) is 0. The van der Waals surface area contributed by atoms with Gasteiger partial charge in [-0.3, -0.25) is 0 Å². The first-order valence-corrected chi connectivity index (χ1v) is 8.62. The molecular formula is C21H26O. The van der Waals surface area contributed by atoms with Gasteiger partial charge in [-0.1, -0.05) is 44.5 Å². The standard InChI is InChI=1S/C21H26O/c1-3-4-13-22-21-12-11-19-14-18(9-10-20(19)15-21)17-7-5-16(2)6-8-17/h7,9-12,14-16H,3-6,8,13H2,1-2H3. The van der Waals surface area contributed by atoms with Crippen molar-refractivity contribution in [1.29, 1.82) is 0 Å². The molecule has 1 heteroatoms. The Hall–Kier alpha value is -1.76. The number of benzene rings is 2. The van der Waals surface area contributed by atoms with Crippen molar-refractivity contribution in [3.05, 3.63) is 48.0 Å². The van der Waals surface area contributed by atoms with Crippen LogP contribution in [0.5, 0.6) is 5.75 Å². The Balaban J connectivity index is 1.80. The number of rotatable bonds is 5. The Morgan fingerprint density at radius 1 is 1.09 bits per heavy atom. The van der Waals surface area contributed by atoms with E-state index in [0.717, 1.165) is 24.7 Å². The Morgan fingerprint density at radius 2 is 1.91 bits per heavy atom. The zero-order valence-electron chi connectivity index (χ0n) is 13.8. The van der Waals surface area contributed by atoms with E-state index in [4.69, 9.17) is 4.74 Å². The molecule has 0 saturated heterocycles. The summed E-state index contributed by atoms with van der Waals surface area (Å²) in [5.74, 6) is 1.83. The summed E-state index contributed by atoms with van der Waals surface area (Å²) in [6.07, 6.45) is 8.46. The van der Waals surface area contributed by atoms with Crippen LogP contribution in [-0.4, -0.2) is 6.61 Å². The van der Waals surface area contributed by atoms with Gasteiger partial charge in [0.15, 0.2) is 0 Å². The number of fused-ring (bicyclic) bond motifs is 1. The third-order valence-corrected chi connectivity index (χ3v) is 4.62. The predicted molar refractivity (Wildman–Crippen MR) is 95.3 cm³/mol. The molecule has 1 aliphatic rings. The predicted octanol–water partition coefficient (Wildman–Crippen LogP) is 6.22. The van der Waals surface area contributed by atoms with Gasteiger partial charge < -0.3 is 4.74 Å². The minimum Gasteiger partial charge on any atom is -0.494 e. The average Bonchev–Trinajstić information content (AvgIpc) is 2.55. The van der Waals surface area contributed by atoms with Gasteiger partial charge in [0.2, 0.25) is 0 Å². The second kappa shape index (κ2) is 7.00. The summed E-state index contributed by atoms with van der Waals surface area (Å²) in [5, 5.41) is 2.57. The second-order valence-electron chi connectivity index (χ2n) is 6.53. The van der Waals surface area contributed by atoms with E-state index >= 15 is 0 Å². The fraction of sp³-hybridized carbons (Fsp3) is 0.429. The van der Waals surface area contributed by atoms with Gasteiger partial charge in [-0.15, -0.1) is 0 Å². The van der Waals surface area contributed by atoms with Crippen LogP contribution < -0.4 is 4.74 Å². The number of hydrogen-bond donors (Lipinski definition) is 0. The molecule has 0 saturated carbocycles. The van der Waals surface area contributed by atoms with Crippen LogP contribution in [0.15, 0.2) is 42.5 Å². The van der Waals surface area contributed by atoms with Crippen LogP contribution in [0.4, 0.5) is 0 Å². The van der Waals surface area contributed by atoms with Gasteiger partial charge >= 0.3 is 0 Å². The number of hydrogen-bond acceptors (Lipinski definition) is 1. The lowest BCUT2D eigenvalue weighted by molar-refractivity contribution is 0.310. The Kier molecular flexibility index (Phi) is 4.82. The van der Waals surface area contributed by atoms with Crippen molar-refractivity contribution in [2.24, 2.45) is 5.92 Å². The van der Waals surface area contributed by atoms with Gasteiger partial charge in [0.05, 0.1) is 6.61 Å². The maximum atomic E-state index is 5.80. The lowest BCUT2D eigenvalue weighted by atomic mass is 9.87. The van der Waals surface area contributed by atoms with Crippen LogP contribution in [-0.2, 0) is 0 Å². The third-order valence-electron chi connectivity index (χ3n) is 4.62. The SMILES string of the molecule is CCCCOc1ccc2cc(C3=CCC(C)CC3)ccc2c1. The highest BCUT2D eigenvalue weighted by Gasteiger charge is 2.11. The summed E-state index contributed by atoms with van der Waals surface area (Å²) in [7, 11) is 0. The van der Waals surface area contributed by atoms with E-state index in [1.165, 1.54) is 47.6 Å². The molecule has 2 aromatic rings. The van der Waals surface area contributed by atoms with Gasteiger partial charge in [0.1, 0.15) is 5.75 Å². The van der Waals surface area contributed by atoms with Crippen molar-refractivity contribution in [2.75, 3.05) is 6.61 Å². The lowest BCUT2D eigenvalue weighted by Crippen LogP contribution is -2.00. The molecule has 0 aliphatic heterocycles. The van der Waals surface area contributed by atoms with Crippen molar-refractivity contribution in [1.82, 2.24) is 0 Å². The molecule has 0 fully saturated rings.